The van der Waals surface area contributed by atoms with Crippen molar-refractivity contribution in [3.05, 3.63) is 69.8 Å². The smallest absolute Gasteiger partial charge is 0.252 e. The summed E-state index contributed by atoms with van der Waals surface area (Å²) in [4.78, 5) is 18.7. The summed E-state index contributed by atoms with van der Waals surface area (Å²) >= 11 is 0. The molecule has 1 fully saturated rings. The molecule has 1 saturated carbocycles. The molecule has 2 aromatic heterocycles. The van der Waals surface area contributed by atoms with E-state index in [2.05, 4.69) is 38.4 Å². The fraction of sp³-hybridized carbons (Fsp3) is 0.484. The molecule has 1 atom stereocenters. The number of aromatic amines is 1. The Hall–Kier alpha value is -3.92. The Morgan fingerprint density at radius 2 is 1.85 bits per heavy atom. The first kappa shape index (κ1) is 28.6. The third-order valence-electron chi connectivity index (χ3n) is 8.03. The predicted octanol–water partition coefficient (Wildman–Crippen LogP) is 5.24. The highest BCUT2D eigenvalue weighted by Gasteiger charge is 2.29. The Kier molecular flexibility index (Phi) is 9.18. The zero-order chi connectivity index (χ0) is 28.8. The van der Waals surface area contributed by atoms with E-state index >= 15 is 0 Å². The van der Waals surface area contributed by atoms with Crippen molar-refractivity contribution in [2.75, 3.05) is 27.4 Å². The first-order valence-corrected chi connectivity index (χ1v) is 14.6. The number of nitrogens with zero attached hydrogens (tertiary/aromatic N) is 5. The van der Waals surface area contributed by atoms with E-state index in [1.54, 1.807) is 14.2 Å². The lowest BCUT2D eigenvalue weighted by molar-refractivity contribution is 0.169. The van der Waals surface area contributed by atoms with E-state index in [-0.39, 0.29) is 11.6 Å². The molecule has 1 N–H and O–H groups in total. The standard InChI is InChI=1S/C31H40N6O4/c1-5-27(30-33-34-35-37(30)24-9-7-8-10-24)36(16-15-21-11-14-28(39-3)29(17-21)40-4)20-23-18-22-19-25(41-6-2)12-13-26(22)32-31(23)38/h11-14,17-19,24,27H,5-10,15-16,20H2,1-4H3,(H,32,38)/t27-/m1/s1. The molecular formula is C31H40N6O4. The van der Waals surface area contributed by atoms with Gasteiger partial charge in [0.1, 0.15) is 5.75 Å². The molecule has 0 radical (unpaired) electrons. The molecule has 0 saturated heterocycles. The van der Waals surface area contributed by atoms with Crippen molar-refractivity contribution in [3.63, 3.8) is 0 Å². The van der Waals surface area contributed by atoms with Crippen molar-refractivity contribution in [2.24, 2.45) is 0 Å². The van der Waals surface area contributed by atoms with Crippen LogP contribution in [0.1, 0.15) is 75.0 Å². The quantitative estimate of drug-likeness (QED) is 0.237. The van der Waals surface area contributed by atoms with E-state index in [4.69, 9.17) is 14.2 Å². The molecule has 1 aliphatic carbocycles. The molecule has 1 aliphatic rings. The number of tetrazole rings is 1. The van der Waals surface area contributed by atoms with Crippen molar-refractivity contribution in [1.82, 2.24) is 30.1 Å². The number of ether oxygens (including phenoxy) is 3. The Morgan fingerprint density at radius 3 is 2.59 bits per heavy atom. The molecule has 0 amide bonds. The van der Waals surface area contributed by atoms with Gasteiger partial charge in [-0.1, -0.05) is 25.8 Å². The van der Waals surface area contributed by atoms with Crippen molar-refractivity contribution in [2.45, 2.75) is 71.0 Å². The maximum Gasteiger partial charge on any atom is 0.252 e. The minimum atomic E-state index is -0.0944. The number of nitrogens with one attached hydrogen (secondary N) is 1. The lowest BCUT2D eigenvalue weighted by atomic mass is 10.1. The van der Waals surface area contributed by atoms with E-state index < -0.39 is 0 Å². The van der Waals surface area contributed by atoms with Crippen LogP contribution in [0.25, 0.3) is 10.9 Å². The van der Waals surface area contributed by atoms with Crippen molar-refractivity contribution in [1.29, 1.82) is 0 Å². The lowest BCUT2D eigenvalue weighted by Gasteiger charge is -2.31. The summed E-state index contributed by atoms with van der Waals surface area (Å²) in [5, 5.41) is 14.0. The van der Waals surface area contributed by atoms with Gasteiger partial charge in [-0.05, 0) is 85.0 Å². The summed E-state index contributed by atoms with van der Waals surface area (Å²) < 4.78 is 18.7. The van der Waals surface area contributed by atoms with Crippen molar-refractivity contribution >= 4 is 10.9 Å². The highest BCUT2D eigenvalue weighted by molar-refractivity contribution is 5.80. The molecule has 0 bridgehead atoms. The van der Waals surface area contributed by atoms with Gasteiger partial charge in [-0.25, -0.2) is 4.68 Å². The summed E-state index contributed by atoms with van der Waals surface area (Å²) in [5.74, 6) is 3.04. The molecule has 4 aromatic rings. The van der Waals surface area contributed by atoms with Gasteiger partial charge in [-0.15, -0.1) is 5.10 Å². The van der Waals surface area contributed by atoms with Crippen LogP contribution >= 0.6 is 0 Å². The number of hydrogen-bond donors (Lipinski definition) is 1. The van der Waals surface area contributed by atoms with Gasteiger partial charge in [0.15, 0.2) is 17.3 Å². The third-order valence-corrected chi connectivity index (χ3v) is 8.03. The summed E-state index contributed by atoms with van der Waals surface area (Å²) in [5.41, 5.74) is 2.50. The van der Waals surface area contributed by atoms with E-state index in [1.807, 2.05) is 48.0 Å². The van der Waals surface area contributed by atoms with Crippen LogP contribution in [0.5, 0.6) is 17.2 Å². The van der Waals surface area contributed by atoms with Crippen LogP contribution in [0.4, 0.5) is 0 Å². The summed E-state index contributed by atoms with van der Waals surface area (Å²) in [6, 6.07) is 14.0. The maximum absolute atomic E-state index is 13.3. The second-order valence-corrected chi connectivity index (χ2v) is 10.6. The first-order chi connectivity index (χ1) is 20.0. The van der Waals surface area contributed by atoms with Gasteiger partial charge in [0.05, 0.1) is 32.9 Å². The van der Waals surface area contributed by atoms with Gasteiger partial charge in [0.25, 0.3) is 5.56 Å². The average molecular weight is 561 g/mol. The first-order valence-electron chi connectivity index (χ1n) is 14.6. The Balaban J connectivity index is 1.49. The minimum absolute atomic E-state index is 0.0596. The molecule has 218 valence electrons. The zero-order valence-electron chi connectivity index (χ0n) is 24.4. The van der Waals surface area contributed by atoms with Crippen LogP contribution < -0.4 is 19.8 Å². The number of aromatic nitrogens is 5. The van der Waals surface area contributed by atoms with Crippen molar-refractivity contribution < 1.29 is 14.2 Å². The highest BCUT2D eigenvalue weighted by Crippen LogP contribution is 2.34. The maximum atomic E-state index is 13.3. The van der Waals surface area contributed by atoms with Crippen LogP contribution in [0, 0.1) is 0 Å². The second-order valence-electron chi connectivity index (χ2n) is 10.6. The number of hydrogen-bond acceptors (Lipinski definition) is 8. The molecule has 0 aliphatic heterocycles. The predicted molar refractivity (Wildman–Crippen MR) is 158 cm³/mol. The van der Waals surface area contributed by atoms with E-state index in [0.717, 1.165) is 53.7 Å². The summed E-state index contributed by atoms with van der Waals surface area (Å²) in [6.07, 6.45) is 6.13. The zero-order valence-corrected chi connectivity index (χ0v) is 24.4. The number of benzene rings is 2. The van der Waals surface area contributed by atoms with Gasteiger partial charge in [0, 0.05) is 29.6 Å². The highest BCUT2D eigenvalue weighted by atomic mass is 16.5. The van der Waals surface area contributed by atoms with Gasteiger partial charge in [-0.3, -0.25) is 9.69 Å². The van der Waals surface area contributed by atoms with Gasteiger partial charge >= 0.3 is 0 Å². The molecule has 5 rings (SSSR count). The molecule has 41 heavy (non-hydrogen) atoms. The number of fused-ring (bicyclic) bond motifs is 1. The monoisotopic (exact) mass is 560 g/mol. The minimum Gasteiger partial charge on any atom is -0.494 e. The largest absolute Gasteiger partial charge is 0.494 e. The Morgan fingerprint density at radius 1 is 1.05 bits per heavy atom. The molecule has 0 spiro atoms. The second kappa shape index (κ2) is 13.2. The lowest BCUT2D eigenvalue weighted by Crippen LogP contribution is -2.34. The number of methoxy groups -OCH3 is 2. The van der Waals surface area contributed by atoms with Crippen molar-refractivity contribution in [3.8, 4) is 17.2 Å². The Bertz CT molecular complexity index is 1510. The number of H-pyrrole nitrogens is 1. The Labute approximate surface area is 240 Å². The van der Waals surface area contributed by atoms with Crippen LogP contribution in [0.2, 0.25) is 0 Å². The number of rotatable bonds is 13. The van der Waals surface area contributed by atoms with Crippen LogP contribution in [0.15, 0.2) is 47.3 Å². The summed E-state index contributed by atoms with van der Waals surface area (Å²) in [7, 11) is 3.28. The molecular weight excluding hydrogens is 520 g/mol. The fourth-order valence-corrected chi connectivity index (χ4v) is 5.91. The number of pyridine rings is 1. The van der Waals surface area contributed by atoms with Crippen LogP contribution in [-0.4, -0.2) is 57.5 Å². The molecule has 10 nitrogen and oxygen atoms in total. The third kappa shape index (κ3) is 6.37. The average Bonchev–Trinajstić information content (AvgIpc) is 3.69. The topological polar surface area (TPSA) is 107 Å². The molecule has 2 aromatic carbocycles. The van der Waals surface area contributed by atoms with Gasteiger partial charge in [-0.2, -0.15) is 0 Å². The van der Waals surface area contributed by atoms with E-state index in [1.165, 1.54) is 12.8 Å². The summed E-state index contributed by atoms with van der Waals surface area (Å²) in [6.45, 7) is 5.85. The molecule has 2 heterocycles. The SMILES string of the molecule is CCOc1ccc2[nH]c(=O)c(CN(CCc3ccc(OC)c(OC)c3)[C@H](CC)c3nnnn3C3CCCC3)cc2c1. The normalized spacial score (nSPS) is 14.6. The van der Waals surface area contributed by atoms with Gasteiger partial charge < -0.3 is 19.2 Å². The molecule has 10 heteroatoms. The van der Waals surface area contributed by atoms with Crippen LogP contribution in [-0.2, 0) is 13.0 Å². The van der Waals surface area contributed by atoms with Crippen LogP contribution in [0.3, 0.4) is 0 Å². The molecule has 0 unspecified atom stereocenters. The fourth-order valence-electron chi connectivity index (χ4n) is 5.91. The van der Waals surface area contributed by atoms with Gasteiger partial charge in [0.2, 0.25) is 0 Å². The van der Waals surface area contributed by atoms with E-state index in [9.17, 15) is 4.79 Å². The van der Waals surface area contributed by atoms with E-state index in [0.29, 0.717) is 42.8 Å².